The van der Waals surface area contributed by atoms with Gasteiger partial charge in [-0.25, -0.2) is 0 Å². The van der Waals surface area contributed by atoms with Crippen molar-refractivity contribution in [1.29, 1.82) is 0 Å². The predicted octanol–water partition coefficient (Wildman–Crippen LogP) is 2.10. The van der Waals surface area contributed by atoms with Crippen molar-refractivity contribution in [3.05, 3.63) is 47.3 Å². The zero-order valence-corrected chi connectivity index (χ0v) is 17.6. The number of para-hydroxylation sites is 2. The third-order valence-electron chi connectivity index (χ3n) is 4.51. The van der Waals surface area contributed by atoms with Crippen molar-refractivity contribution in [2.24, 2.45) is 4.99 Å². The number of amides is 2. The van der Waals surface area contributed by atoms with E-state index in [1.807, 2.05) is 6.07 Å². The van der Waals surface area contributed by atoms with Crippen LogP contribution in [0.4, 0.5) is 5.69 Å². The summed E-state index contributed by atoms with van der Waals surface area (Å²) in [6.07, 6.45) is -0.901. The lowest BCUT2D eigenvalue weighted by Crippen LogP contribution is -2.37. The van der Waals surface area contributed by atoms with Gasteiger partial charge in [-0.3, -0.25) is 14.4 Å². The summed E-state index contributed by atoms with van der Waals surface area (Å²) in [6.45, 7) is 1.33. The lowest BCUT2D eigenvalue weighted by atomic mass is 10.2. The molecular formula is C21H19N3O6S. The Morgan fingerprint density at radius 2 is 2.00 bits per heavy atom. The standard InChI is InChI=1S/C21H19N3O6S/c1-12(25)22-13-7-8-14-18(9-13)31-21(24(14)10-19(26)28-2)23-20(27)17-11-29-15-5-3-4-6-16(15)30-17/h3-9,17H,10-11H2,1-2H3,(H,22,25). The van der Waals surface area contributed by atoms with Crippen molar-refractivity contribution in [2.75, 3.05) is 19.0 Å². The molecule has 0 bridgehead atoms. The number of methoxy groups -OCH3 is 1. The number of nitrogens with one attached hydrogen (secondary N) is 1. The van der Waals surface area contributed by atoms with Gasteiger partial charge in [0.2, 0.25) is 12.0 Å². The summed E-state index contributed by atoms with van der Waals surface area (Å²) in [7, 11) is 1.29. The maximum Gasteiger partial charge on any atom is 0.325 e. The Labute approximate surface area is 180 Å². The van der Waals surface area contributed by atoms with E-state index in [0.29, 0.717) is 27.5 Å². The van der Waals surface area contributed by atoms with Crippen molar-refractivity contribution in [3.8, 4) is 11.5 Å². The first kappa shape index (κ1) is 20.6. The van der Waals surface area contributed by atoms with Gasteiger partial charge in [0.05, 0.1) is 17.3 Å². The molecule has 1 aliphatic heterocycles. The van der Waals surface area contributed by atoms with Gasteiger partial charge in [0.25, 0.3) is 5.91 Å². The SMILES string of the molecule is COC(=O)Cn1c(=NC(=O)C2COc3ccccc3O2)sc2cc(NC(C)=O)ccc21. The molecule has 0 radical (unpaired) electrons. The van der Waals surface area contributed by atoms with E-state index in [1.54, 1.807) is 41.0 Å². The van der Waals surface area contributed by atoms with Gasteiger partial charge in [0, 0.05) is 12.6 Å². The smallest absolute Gasteiger partial charge is 0.325 e. The average Bonchev–Trinajstić information content (AvgIpc) is 3.08. The first-order chi connectivity index (χ1) is 14.9. The zero-order valence-electron chi connectivity index (χ0n) is 16.8. The molecule has 2 heterocycles. The number of esters is 1. The minimum absolute atomic E-state index is 0.0356. The third kappa shape index (κ3) is 4.43. The number of carbonyl (C=O) groups excluding carboxylic acids is 3. The third-order valence-corrected chi connectivity index (χ3v) is 5.55. The van der Waals surface area contributed by atoms with Crippen LogP contribution in [0.5, 0.6) is 11.5 Å². The van der Waals surface area contributed by atoms with Gasteiger partial charge in [-0.1, -0.05) is 23.5 Å². The highest BCUT2D eigenvalue weighted by atomic mass is 32.1. The second-order valence-corrected chi connectivity index (χ2v) is 7.73. The summed E-state index contributed by atoms with van der Waals surface area (Å²) in [5.74, 6) is -0.165. The van der Waals surface area contributed by atoms with Crippen LogP contribution < -0.4 is 19.6 Å². The molecule has 0 saturated heterocycles. The van der Waals surface area contributed by atoms with E-state index in [0.717, 1.165) is 4.70 Å². The molecule has 1 aliphatic rings. The quantitative estimate of drug-likeness (QED) is 0.621. The summed E-state index contributed by atoms with van der Waals surface area (Å²) >= 11 is 1.22. The summed E-state index contributed by atoms with van der Waals surface area (Å²) in [6, 6.07) is 12.3. The molecule has 9 nitrogen and oxygen atoms in total. The number of ether oxygens (including phenoxy) is 3. The second kappa shape index (κ2) is 8.60. The van der Waals surface area contributed by atoms with Crippen LogP contribution in [-0.2, 0) is 25.7 Å². The predicted molar refractivity (Wildman–Crippen MR) is 113 cm³/mol. The molecule has 31 heavy (non-hydrogen) atoms. The molecule has 0 fully saturated rings. The van der Waals surface area contributed by atoms with Gasteiger partial charge in [-0.15, -0.1) is 0 Å². The van der Waals surface area contributed by atoms with Gasteiger partial charge in [0.1, 0.15) is 13.2 Å². The summed E-state index contributed by atoms with van der Waals surface area (Å²) in [5, 5.41) is 2.71. The molecule has 2 amide bonds. The Kier molecular flexibility index (Phi) is 5.72. The fourth-order valence-corrected chi connectivity index (χ4v) is 4.17. The number of aromatic nitrogens is 1. The highest BCUT2D eigenvalue weighted by molar-refractivity contribution is 7.16. The van der Waals surface area contributed by atoms with Gasteiger partial charge in [0.15, 0.2) is 16.3 Å². The number of anilines is 1. The topological polar surface area (TPSA) is 108 Å². The highest BCUT2D eigenvalue weighted by Gasteiger charge is 2.27. The van der Waals surface area contributed by atoms with Gasteiger partial charge in [-0.2, -0.15) is 4.99 Å². The van der Waals surface area contributed by atoms with E-state index in [4.69, 9.17) is 14.2 Å². The van der Waals surface area contributed by atoms with E-state index in [9.17, 15) is 14.4 Å². The molecule has 0 spiro atoms. The Morgan fingerprint density at radius 3 is 2.74 bits per heavy atom. The average molecular weight is 441 g/mol. The number of thiazole rings is 1. The molecule has 0 aliphatic carbocycles. The van der Waals surface area contributed by atoms with Crippen LogP contribution in [-0.4, -0.2) is 42.2 Å². The molecular weight excluding hydrogens is 422 g/mol. The number of benzene rings is 2. The van der Waals surface area contributed by atoms with Crippen LogP contribution in [0.3, 0.4) is 0 Å². The monoisotopic (exact) mass is 441 g/mol. The molecule has 10 heteroatoms. The fraction of sp³-hybridized carbons (Fsp3) is 0.238. The second-order valence-electron chi connectivity index (χ2n) is 6.72. The molecule has 1 aromatic heterocycles. The Balaban J connectivity index is 1.71. The van der Waals surface area contributed by atoms with Gasteiger partial charge >= 0.3 is 5.97 Å². The maximum absolute atomic E-state index is 12.8. The minimum atomic E-state index is -0.901. The number of rotatable bonds is 4. The van der Waals surface area contributed by atoms with Crippen molar-refractivity contribution < 1.29 is 28.6 Å². The van der Waals surface area contributed by atoms with Crippen molar-refractivity contribution >= 4 is 45.0 Å². The molecule has 1 atom stereocenters. The fourth-order valence-electron chi connectivity index (χ4n) is 3.09. The van der Waals surface area contributed by atoms with E-state index < -0.39 is 18.0 Å². The van der Waals surface area contributed by atoms with E-state index in [2.05, 4.69) is 10.3 Å². The first-order valence-corrected chi connectivity index (χ1v) is 10.2. The molecule has 4 rings (SSSR count). The highest BCUT2D eigenvalue weighted by Crippen LogP contribution is 2.31. The molecule has 1 unspecified atom stereocenters. The normalized spacial score (nSPS) is 15.5. The summed E-state index contributed by atoms with van der Waals surface area (Å²) < 4.78 is 18.4. The molecule has 160 valence electrons. The number of fused-ring (bicyclic) bond motifs is 2. The lowest BCUT2D eigenvalue weighted by molar-refractivity contribution is -0.141. The van der Waals surface area contributed by atoms with Crippen LogP contribution >= 0.6 is 11.3 Å². The Bertz CT molecular complexity index is 1250. The first-order valence-electron chi connectivity index (χ1n) is 9.39. The molecule has 2 aromatic carbocycles. The maximum atomic E-state index is 12.8. The van der Waals surface area contributed by atoms with E-state index in [1.165, 1.54) is 25.4 Å². The van der Waals surface area contributed by atoms with Crippen molar-refractivity contribution in [1.82, 2.24) is 4.57 Å². The molecule has 1 N–H and O–H groups in total. The van der Waals surface area contributed by atoms with Crippen molar-refractivity contribution in [3.63, 3.8) is 0 Å². The number of nitrogens with zero attached hydrogens (tertiary/aromatic N) is 2. The van der Waals surface area contributed by atoms with Crippen molar-refractivity contribution in [2.45, 2.75) is 19.6 Å². The van der Waals surface area contributed by atoms with Crippen LogP contribution in [0.25, 0.3) is 10.2 Å². The van der Waals surface area contributed by atoms with Crippen LogP contribution in [0, 0.1) is 0 Å². The summed E-state index contributed by atoms with van der Waals surface area (Å²) in [5.41, 5.74) is 1.28. The Morgan fingerprint density at radius 1 is 1.23 bits per heavy atom. The largest absolute Gasteiger partial charge is 0.485 e. The molecule has 0 saturated carbocycles. The minimum Gasteiger partial charge on any atom is -0.485 e. The van der Waals surface area contributed by atoms with E-state index >= 15 is 0 Å². The van der Waals surface area contributed by atoms with Crippen LogP contribution in [0.15, 0.2) is 47.5 Å². The van der Waals surface area contributed by atoms with E-state index in [-0.39, 0.29) is 19.1 Å². The molecule has 3 aromatic rings. The number of hydrogen-bond acceptors (Lipinski definition) is 7. The number of hydrogen-bond donors (Lipinski definition) is 1. The van der Waals surface area contributed by atoms with Gasteiger partial charge < -0.3 is 24.1 Å². The van der Waals surface area contributed by atoms with Crippen LogP contribution in [0.2, 0.25) is 0 Å². The van der Waals surface area contributed by atoms with Crippen LogP contribution in [0.1, 0.15) is 6.92 Å². The van der Waals surface area contributed by atoms with Gasteiger partial charge in [-0.05, 0) is 30.3 Å². The lowest BCUT2D eigenvalue weighted by Gasteiger charge is -2.23. The Hall–Kier alpha value is -3.66. The summed E-state index contributed by atoms with van der Waals surface area (Å²) in [4.78, 5) is 40.6. The number of carbonyl (C=O) groups is 3. The zero-order chi connectivity index (χ0) is 22.0.